The molecule has 0 radical (unpaired) electrons. The number of ether oxygens (including phenoxy) is 1. The molecule has 0 aliphatic carbocycles. The summed E-state index contributed by atoms with van der Waals surface area (Å²) in [6, 6.07) is 0. The minimum absolute atomic E-state index is 0.0432. The number of nitrogens with zero attached hydrogens (tertiary/aromatic N) is 3. The molecule has 0 aliphatic heterocycles. The number of rotatable bonds is 5. The molecule has 1 N–H and O–H groups in total. The third-order valence-corrected chi connectivity index (χ3v) is 3.94. The Morgan fingerprint density at radius 2 is 2.19 bits per heavy atom. The number of hydrogen-bond acceptors (Lipinski definition) is 6. The summed E-state index contributed by atoms with van der Waals surface area (Å²) in [4.78, 5) is 27.5. The van der Waals surface area contributed by atoms with Crippen LogP contribution >= 0.6 is 11.8 Å². The second kappa shape index (κ2) is 6.13. The van der Waals surface area contributed by atoms with Crippen LogP contribution in [0, 0.1) is 6.92 Å². The second-order valence-corrected chi connectivity index (χ2v) is 5.29. The highest BCUT2D eigenvalue weighted by Crippen LogP contribution is 2.32. The lowest BCUT2D eigenvalue weighted by Crippen LogP contribution is -2.08. The maximum atomic E-state index is 11.5. The summed E-state index contributed by atoms with van der Waals surface area (Å²) >= 11 is 1.13. The molecular formula is C13H15N3O4S. The van der Waals surface area contributed by atoms with Crippen LogP contribution in [-0.2, 0) is 16.6 Å². The van der Waals surface area contributed by atoms with Gasteiger partial charge in [-0.1, -0.05) is 0 Å². The maximum absolute atomic E-state index is 11.5. The number of aromatic carboxylic acids is 1. The first kappa shape index (κ1) is 15.3. The van der Waals surface area contributed by atoms with Crippen molar-refractivity contribution >= 4 is 34.7 Å². The van der Waals surface area contributed by atoms with E-state index < -0.39 is 5.97 Å². The number of carboxylic acid groups (broad SMARTS) is 1. The van der Waals surface area contributed by atoms with E-state index in [1.165, 1.54) is 6.20 Å². The van der Waals surface area contributed by atoms with Crippen molar-refractivity contribution in [3.8, 4) is 0 Å². The fourth-order valence-electron chi connectivity index (χ4n) is 2.01. The van der Waals surface area contributed by atoms with E-state index in [0.29, 0.717) is 28.2 Å². The SMILES string of the molecule is CCOC(=O)CSc1c(C(=O)O)cnc2c1c(C)nn2C. The third-order valence-electron chi connectivity index (χ3n) is 2.85. The van der Waals surface area contributed by atoms with Crippen molar-refractivity contribution in [3.05, 3.63) is 17.5 Å². The van der Waals surface area contributed by atoms with E-state index in [2.05, 4.69) is 10.1 Å². The van der Waals surface area contributed by atoms with Crippen LogP contribution < -0.4 is 0 Å². The summed E-state index contributed by atoms with van der Waals surface area (Å²) in [5.74, 6) is -1.42. The molecule has 0 saturated carbocycles. The van der Waals surface area contributed by atoms with E-state index >= 15 is 0 Å². The summed E-state index contributed by atoms with van der Waals surface area (Å²) in [6.45, 7) is 3.80. The van der Waals surface area contributed by atoms with Crippen LogP contribution in [0.1, 0.15) is 23.0 Å². The number of esters is 1. The highest BCUT2D eigenvalue weighted by Gasteiger charge is 2.20. The van der Waals surface area contributed by atoms with Gasteiger partial charge in [0, 0.05) is 18.1 Å². The molecule has 7 nitrogen and oxygen atoms in total. The van der Waals surface area contributed by atoms with Crippen LogP contribution in [0.5, 0.6) is 0 Å². The molecule has 21 heavy (non-hydrogen) atoms. The highest BCUT2D eigenvalue weighted by atomic mass is 32.2. The summed E-state index contributed by atoms with van der Waals surface area (Å²) < 4.78 is 6.46. The van der Waals surface area contributed by atoms with Crippen molar-refractivity contribution < 1.29 is 19.4 Å². The molecule has 0 aromatic carbocycles. The second-order valence-electron chi connectivity index (χ2n) is 4.31. The van der Waals surface area contributed by atoms with Crippen LogP contribution in [0.2, 0.25) is 0 Å². The van der Waals surface area contributed by atoms with Gasteiger partial charge in [-0.2, -0.15) is 5.10 Å². The molecule has 0 spiro atoms. The molecule has 0 fully saturated rings. The number of carbonyl (C=O) groups is 2. The van der Waals surface area contributed by atoms with Gasteiger partial charge in [0.2, 0.25) is 0 Å². The Kier molecular flexibility index (Phi) is 4.46. The Labute approximate surface area is 125 Å². The van der Waals surface area contributed by atoms with Gasteiger partial charge in [0.25, 0.3) is 0 Å². The van der Waals surface area contributed by atoms with E-state index in [0.717, 1.165) is 11.8 Å². The van der Waals surface area contributed by atoms with Gasteiger partial charge in [-0.25, -0.2) is 9.78 Å². The fraction of sp³-hybridized carbons (Fsp3) is 0.385. The van der Waals surface area contributed by atoms with Gasteiger partial charge in [-0.05, 0) is 13.8 Å². The Morgan fingerprint density at radius 1 is 1.48 bits per heavy atom. The summed E-state index contributed by atoms with van der Waals surface area (Å²) in [5, 5.41) is 14.2. The lowest BCUT2D eigenvalue weighted by atomic mass is 10.2. The Balaban J connectivity index is 2.49. The maximum Gasteiger partial charge on any atom is 0.338 e. The molecule has 0 unspecified atom stereocenters. The van der Waals surface area contributed by atoms with Crippen LogP contribution in [0.4, 0.5) is 0 Å². The lowest BCUT2D eigenvalue weighted by molar-refractivity contribution is -0.139. The molecule has 2 aromatic rings. The molecule has 0 aliphatic rings. The molecule has 2 aromatic heterocycles. The third kappa shape index (κ3) is 2.99. The topological polar surface area (TPSA) is 94.3 Å². The minimum atomic E-state index is -1.08. The molecule has 2 heterocycles. The first-order valence-corrected chi connectivity index (χ1v) is 7.28. The van der Waals surface area contributed by atoms with Gasteiger partial charge in [-0.3, -0.25) is 9.48 Å². The molecule has 2 rings (SSSR count). The Hall–Kier alpha value is -2.09. The molecule has 0 bridgehead atoms. The number of thioether (sulfide) groups is 1. The van der Waals surface area contributed by atoms with E-state index in [-0.39, 0.29) is 17.3 Å². The van der Waals surface area contributed by atoms with Crippen molar-refractivity contribution in [2.45, 2.75) is 18.7 Å². The monoisotopic (exact) mass is 309 g/mol. The number of carbonyl (C=O) groups excluding carboxylic acids is 1. The minimum Gasteiger partial charge on any atom is -0.478 e. The van der Waals surface area contributed by atoms with Gasteiger partial charge in [-0.15, -0.1) is 11.8 Å². The molecule has 0 atom stereocenters. The summed E-state index contributed by atoms with van der Waals surface area (Å²) in [6.07, 6.45) is 1.29. The van der Waals surface area contributed by atoms with Crippen molar-refractivity contribution in [2.24, 2.45) is 7.05 Å². The van der Waals surface area contributed by atoms with E-state index in [1.54, 1.807) is 25.6 Å². The average Bonchev–Trinajstić information content (AvgIpc) is 2.71. The van der Waals surface area contributed by atoms with Gasteiger partial charge in [0.15, 0.2) is 5.65 Å². The van der Waals surface area contributed by atoms with Gasteiger partial charge in [0.1, 0.15) is 0 Å². The predicted octanol–water partition coefficient (Wildman–Crippen LogP) is 1.63. The number of pyridine rings is 1. The van der Waals surface area contributed by atoms with Crippen molar-refractivity contribution in [1.82, 2.24) is 14.8 Å². The first-order chi connectivity index (χ1) is 9.95. The van der Waals surface area contributed by atoms with E-state index in [9.17, 15) is 14.7 Å². The lowest BCUT2D eigenvalue weighted by Gasteiger charge is -2.07. The quantitative estimate of drug-likeness (QED) is 0.662. The van der Waals surface area contributed by atoms with Crippen LogP contribution in [0.15, 0.2) is 11.1 Å². The zero-order chi connectivity index (χ0) is 15.6. The normalized spacial score (nSPS) is 10.8. The molecule has 112 valence electrons. The Morgan fingerprint density at radius 3 is 2.81 bits per heavy atom. The average molecular weight is 309 g/mol. The van der Waals surface area contributed by atoms with Crippen molar-refractivity contribution in [3.63, 3.8) is 0 Å². The molecular weight excluding hydrogens is 294 g/mol. The summed E-state index contributed by atoms with van der Waals surface area (Å²) in [5.41, 5.74) is 1.33. The fourth-order valence-corrected chi connectivity index (χ4v) is 3.04. The van der Waals surface area contributed by atoms with Crippen LogP contribution in [0.25, 0.3) is 11.0 Å². The predicted molar refractivity (Wildman–Crippen MR) is 77.6 cm³/mol. The van der Waals surface area contributed by atoms with Crippen LogP contribution in [-0.4, -0.2) is 44.2 Å². The van der Waals surface area contributed by atoms with E-state index in [1.807, 2.05) is 0 Å². The number of fused-ring (bicyclic) bond motifs is 1. The molecule has 8 heteroatoms. The zero-order valence-electron chi connectivity index (χ0n) is 11.9. The number of carboxylic acids is 1. The standard InChI is InChI=1S/C13H15N3O4S/c1-4-20-9(17)6-21-11-8(13(18)19)5-14-12-10(11)7(2)15-16(12)3/h5H,4,6H2,1-3H3,(H,18,19). The zero-order valence-corrected chi connectivity index (χ0v) is 12.7. The van der Waals surface area contributed by atoms with Gasteiger partial charge >= 0.3 is 11.9 Å². The number of aryl methyl sites for hydroxylation is 2. The molecule has 0 amide bonds. The highest BCUT2D eigenvalue weighted by molar-refractivity contribution is 8.00. The number of aromatic nitrogens is 3. The first-order valence-electron chi connectivity index (χ1n) is 6.29. The van der Waals surface area contributed by atoms with Gasteiger partial charge in [0.05, 0.1) is 29.0 Å². The molecule has 0 saturated heterocycles. The van der Waals surface area contributed by atoms with E-state index in [4.69, 9.17) is 4.74 Å². The summed E-state index contributed by atoms with van der Waals surface area (Å²) in [7, 11) is 1.74. The Bertz CT molecular complexity index is 711. The van der Waals surface area contributed by atoms with Gasteiger partial charge < -0.3 is 9.84 Å². The van der Waals surface area contributed by atoms with Crippen molar-refractivity contribution in [1.29, 1.82) is 0 Å². The van der Waals surface area contributed by atoms with Crippen molar-refractivity contribution in [2.75, 3.05) is 12.4 Å². The number of hydrogen-bond donors (Lipinski definition) is 1. The smallest absolute Gasteiger partial charge is 0.338 e. The van der Waals surface area contributed by atoms with Crippen LogP contribution in [0.3, 0.4) is 0 Å². The largest absolute Gasteiger partial charge is 0.478 e.